The molecule has 2 N–H and O–H groups in total. The number of carbonyl (C=O) groups is 2. The molecule has 0 radical (unpaired) electrons. The van der Waals surface area contributed by atoms with Gasteiger partial charge >= 0.3 is 5.97 Å². The summed E-state index contributed by atoms with van der Waals surface area (Å²) in [7, 11) is 0. The van der Waals surface area contributed by atoms with Gasteiger partial charge in [0.25, 0.3) is 5.91 Å². The fraction of sp³-hybridized carbons (Fsp3) is 0. The van der Waals surface area contributed by atoms with Crippen LogP contribution in [-0.2, 0) is 4.79 Å². The van der Waals surface area contributed by atoms with Crippen LogP contribution in [0, 0.1) is 0 Å². The highest BCUT2D eigenvalue weighted by atomic mass is 16.4. The second-order valence-electron chi connectivity index (χ2n) is 5.67. The van der Waals surface area contributed by atoms with Gasteiger partial charge in [-0.15, -0.1) is 0 Å². The van der Waals surface area contributed by atoms with Crippen LogP contribution in [0.15, 0.2) is 90.6 Å². The van der Waals surface area contributed by atoms with Crippen LogP contribution in [0.1, 0.15) is 15.9 Å². The maximum absolute atomic E-state index is 12.2. The van der Waals surface area contributed by atoms with E-state index in [1.165, 1.54) is 6.08 Å². The topological polar surface area (TPSA) is 66.4 Å². The van der Waals surface area contributed by atoms with Gasteiger partial charge in [0.1, 0.15) is 5.70 Å². The average molecular weight is 343 g/mol. The van der Waals surface area contributed by atoms with Crippen molar-refractivity contribution in [3.8, 4) is 11.1 Å². The summed E-state index contributed by atoms with van der Waals surface area (Å²) in [6, 6.07) is 25.9. The first-order valence-electron chi connectivity index (χ1n) is 8.10. The van der Waals surface area contributed by atoms with Crippen molar-refractivity contribution in [3.05, 3.63) is 102 Å². The average Bonchev–Trinajstić information content (AvgIpc) is 2.69. The lowest BCUT2D eigenvalue weighted by Gasteiger charge is -2.07. The summed E-state index contributed by atoms with van der Waals surface area (Å²) in [6.07, 6.45) is 1.44. The van der Waals surface area contributed by atoms with Crippen molar-refractivity contribution < 1.29 is 14.7 Å². The molecule has 3 aromatic carbocycles. The maximum Gasteiger partial charge on any atom is 0.352 e. The van der Waals surface area contributed by atoms with E-state index in [2.05, 4.69) is 5.32 Å². The molecule has 0 aromatic heterocycles. The Balaban J connectivity index is 1.81. The molecule has 0 saturated heterocycles. The third-order valence-electron chi connectivity index (χ3n) is 3.84. The molecule has 0 aliphatic heterocycles. The highest BCUT2D eigenvalue weighted by Gasteiger charge is 2.13. The van der Waals surface area contributed by atoms with Crippen LogP contribution in [0.4, 0.5) is 0 Å². The highest BCUT2D eigenvalue weighted by molar-refractivity contribution is 6.02. The second kappa shape index (κ2) is 7.94. The van der Waals surface area contributed by atoms with Gasteiger partial charge in [-0.2, -0.15) is 0 Å². The predicted octanol–water partition coefficient (Wildman–Crippen LogP) is 4.21. The molecule has 0 aliphatic carbocycles. The van der Waals surface area contributed by atoms with Gasteiger partial charge in [0.05, 0.1) is 0 Å². The van der Waals surface area contributed by atoms with Crippen LogP contribution in [0.5, 0.6) is 0 Å². The van der Waals surface area contributed by atoms with E-state index in [0.717, 1.165) is 11.1 Å². The van der Waals surface area contributed by atoms with Crippen molar-refractivity contribution in [1.29, 1.82) is 0 Å². The Labute approximate surface area is 151 Å². The number of hydrogen-bond acceptors (Lipinski definition) is 2. The lowest BCUT2D eigenvalue weighted by Crippen LogP contribution is -2.27. The largest absolute Gasteiger partial charge is 0.477 e. The number of aliphatic carboxylic acids is 1. The maximum atomic E-state index is 12.2. The van der Waals surface area contributed by atoms with Gasteiger partial charge in [-0.05, 0) is 34.9 Å². The number of nitrogens with one attached hydrogen (secondary N) is 1. The van der Waals surface area contributed by atoms with Crippen molar-refractivity contribution in [2.75, 3.05) is 0 Å². The van der Waals surface area contributed by atoms with Crippen LogP contribution in [-0.4, -0.2) is 17.0 Å². The summed E-state index contributed by atoms with van der Waals surface area (Å²) < 4.78 is 0. The van der Waals surface area contributed by atoms with Crippen LogP contribution in [0.25, 0.3) is 17.2 Å². The first-order chi connectivity index (χ1) is 12.6. The molecule has 4 nitrogen and oxygen atoms in total. The van der Waals surface area contributed by atoms with E-state index >= 15 is 0 Å². The van der Waals surface area contributed by atoms with Gasteiger partial charge in [-0.1, -0.05) is 72.8 Å². The molecule has 3 aromatic rings. The molecular formula is C22H17NO3. The van der Waals surface area contributed by atoms with Crippen molar-refractivity contribution in [2.24, 2.45) is 0 Å². The highest BCUT2D eigenvalue weighted by Crippen LogP contribution is 2.20. The second-order valence-corrected chi connectivity index (χ2v) is 5.67. The molecule has 3 rings (SSSR count). The molecular weight excluding hydrogens is 326 g/mol. The molecule has 26 heavy (non-hydrogen) atoms. The summed E-state index contributed by atoms with van der Waals surface area (Å²) in [5.41, 5.74) is 3.03. The monoisotopic (exact) mass is 343 g/mol. The smallest absolute Gasteiger partial charge is 0.352 e. The predicted molar refractivity (Wildman–Crippen MR) is 101 cm³/mol. The molecule has 0 fully saturated rings. The first-order valence-corrected chi connectivity index (χ1v) is 8.10. The molecule has 0 bridgehead atoms. The quantitative estimate of drug-likeness (QED) is 0.682. The molecule has 0 unspecified atom stereocenters. The molecule has 1 amide bonds. The van der Waals surface area contributed by atoms with Crippen LogP contribution in [0.3, 0.4) is 0 Å². The fourth-order valence-corrected chi connectivity index (χ4v) is 2.50. The molecule has 4 heteroatoms. The van der Waals surface area contributed by atoms with E-state index in [1.807, 2.05) is 54.6 Å². The number of amides is 1. The Morgan fingerprint density at radius 1 is 0.731 bits per heavy atom. The Kier molecular flexibility index (Phi) is 5.25. The molecule has 128 valence electrons. The zero-order valence-electron chi connectivity index (χ0n) is 13.9. The third kappa shape index (κ3) is 4.24. The van der Waals surface area contributed by atoms with Crippen molar-refractivity contribution in [2.45, 2.75) is 0 Å². The van der Waals surface area contributed by atoms with Gasteiger partial charge in [-0.3, -0.25) is 4.79 Å². The summed E-state index contributed by atoms with van der Waals surface area (Å²) >= 11 is 0. The summed E-state index contributed by atoms with van der Waals surface area (Å²) in [5, 5.41) is 11.8. The first kappa shape index (κ1) is 17.2. The minimum atomic E-state index is -1.19. The Bertz CT molecular complexity index is 930. The molecule has 0 saturated carbocycles. The molecule has 0 heterocycles. The van der Waals surface area contributed by atoms with Gasteiger partial charge in [0.2, 0.25) is 0 Å². The number of hydrogen-bond donors (Lipinski definition) is 2. The summed E-state index contributed by atoms with van der Waals surface area (Å²) in [5.74, 6) is -1.65. The Hall–Kier alpha value is -3.66. The Morgan fingerprint density at radius 2 is 1.27 bits per heavy atom. The zero-order valence-corrected chi connectivity index (χ0v) is 13.9. The van der Waals surface area contributed by atoms with E-state index < -0.39 is 11.9 Å². The van der Waals surface area contributed by atoms with Crippen molar-refractivity contribution >= 4 is 18.0 Å². The van der Waals surface area contributed by atoms with Gasteiger partial charge in [0.15, 0.2) is 0 Å². The van der Waals surface area contributed by atoms with E-state index in [9.17, 15) is 14.7 Å². The lowest BCUT2D eigenvalue weighted by molar-refractivity contribution is -0.132. The third-order valence-corrected chi connectivity index (χ3v) is 3.84. The minimum Gasteiger partial charge on any atom is -0.477 e. The van der Waals surface area contributed by atoms with E-state index in [4.69, 9.17) is 0 Å². The van der Waals surface area contributed by atoms with E-state index in [-0.39, 0.29) is 5.70 Å². The molecule has 0 atom stereocenters. The van der Waals surface area contributed by atoms with Crippen LogP contribution >= 0.6 is 0 Å². The van der Waals surface area contributed by atoms with Gasteiger partial charge in [-0.25, -0.2) is 4.79 Å². The van der Waals surface area contributed by atoms with Crippen molar-refractivity contribution in [1.82, 2.24) is 5.32 Å². The number of rotatable bonds is 5. The van der Waals surface area contributed by atoms with E-state index in [0.29, 0.717) is 11.1 Å². The van der Waals surface area contributed by atoms with Crippen LogP contribution in [0.2, 0.25) is 0 Å². The van der Waals surface area contributed by atoms with Crippen LogP contribution < -0.4 is 5.32 Å². The summed E-state index contributed by atoms with van der Waals surface area (Å²) in [6.45, 7) is 0. The number of carboxylic acids is 1. The standard InChI is InChI=1S/C22H17NO3/c24-21(19-9-5-2-6-10-19)23-20(22(25)26)15-16-11-13-18(14-12-16)17-7-3-1-4-8-17/h1-15H,(H,23,24)(H,25,26)/b20-15+. The zero-order chi connectivity index (χ0) is 18.4. The van der Waals surface area contributed by atoms with E-state index in [1.54, 1.807) is 30.3 Å². The SMILES string of the molecule is O=C(O)/C(=C\c1ccc(-c2ccccc2)cc1)NC(=O)c1ccccc1. The number of benzene rings is 3. The summed E-state index contributed by atoms with van der Waals surface area (Å²) in [4.78, 5) is 23.6. The van der Waals surface area contributed by atoms with Crippen molar-refractivity contribution in [3.63, 3.8) is 0 Å². The van der Waals surface area contributed by atoms with Gasteiger partial charge < -0.3 is 10.4 Å². The number of carboxylic acid groups (broad SMARTS) is 1. The fourth-order valence-electron chi connectivity index (χ4n) is 2.50. The lowest BCUT2D eigenvalue weighted by atomic mass is 10.0. The molecule has 0 aliphatic rings. The minimum absolute atomic E-state index is 0.175. The Morgan fingerprint density at radius 3 is 1.85 bits per heavy atom. The normalized spacial score (nSPS) is 11.0. The number of carbonyl (C=O) groups excluding carboxylic acids is 1. The van der Waals surface area contributed by atoms with Gasteiger partial charge in [0, 0.05) is 5.56 Å². The molecule has 0 spiro atoms.